The predicted molar refractivity (Wildman–Crippen MR) is 66.3 cm³/mol. The molecule has 0 radical (unpaired) electrons. The lowest BCUT2D eigenvalue weighted by Gasteiger charge is -2.14. The van der Waals surface area contributed by atoms with Gasteiger partial charge in [-0.3, -0.25) is 4.79 Å². The van der Waals surface area contributed by atoms with Crippen LogP contribution >= 0.6 is 12.4 Å². The molecule has 10 heteroatoms. The summed E-state index contributed by atoms with van der Waals surface area (Å²) in [5.41, 5.74) is -3.52. The summed E-state index contributed by atoms with van der Waals surface area (Å²) in [7, 11) is 1.41. The van der Waals surface area contributed by atoms with Crippen LogP contribution in [0, 0.1) is 0 Å². The van der Waals surface area contributed by atoms with Crippen LogP contribution in [0.4, 0.5) is 32.0 Å². The van der Waals surface area contributed by atoms with Gasteiger partial charge in [-0.05, 0) is 25.2 Å². The van der Waals surface area contributed by atoms with E-state index in [0.29, 0.717) is 12.1 Å². The van der Waals surface area contributed by atoms with E-state index in [-0.39, 0.29) is 25.0 Å². The topological polar surface area (TPSA) is 41.1 Å². The van der Waals surface area contributed by atoms with E-state index >= 15 is 0 Å². The van der Waals surface area contributed by atoms with Gasteiger partial charge in [0.05, 0.1) is 17.7 Å². The average Bonchev–Trinajstić information content (AvgIpc) is 2.26. The number of benzene rings is 1. The minimum absolute atomic E-state index is 0. The number of hydrogen-bond acceptors (Lipinski definition) is 2. The number of nitrogens with one attached hydrogen (secondary N) is 2. The van der Waals surface area contributed by atoms with Crippen molar-refractivity contribution in [3.8, 4) is 0 Å². The number of halogens is 7. The standard InChI is InChI=1S/C11H10F6N2O.ClH/c1-18-5-9(20)19-8-3-6(10(12,13)14)2-7(4-8)11(15,16)17;/h2-4,18H,5H2,1H3,(H,19,20);1H. The zero-order valence-corrected chi connectivity index (χ0v) is 11.3. The lowest BCUT2D eigenvalue weighted by molar-refractivity contribution is -0.143. The molecule has 0 unspecified atom stereocenters. The number of anilines is 1. The Kier molecular flexibility index (Phi) is 6.50. The van der Waals surface area contributed by atoms with Crippen molar-refractivity contribution in [1.29, 1.82) is 0 Å². The van der Waals surface area contributed by atoms with Gasteiger partial charge in [0.1, 0.15) is 0 Å². The second-order valence-corrected chi connectivity index (χ2v) is 3.87. The normalized spacial score (nSPS) is 11.8. The number of alkyl halides is 6. The van der Waals surface area contributed by atoms with Crippen LogP contribution < -0.4 is 10.6 Å². The SMILES string of the molecule is CNCC(=O)Nc1cc(C(F)(F)F)cc(C(F)(F)F)c1.Cl. The molecule has 1 amide bonds. The highest BCUT2D eigenvalue weighted by Gasteiger charge is 2.37. The highest BCUT2D eigenvalue weighted by Crippen LogP contribution is 2.37. The number of carbonyl (C=O) groups is 1. The monoisotopic (exact) mass is 336 g/mol. The van der Waals surface area contributed by atoms with E-state index in [1.54, 1.807) is 0 Å². The molecule has 0 atom stereocenters. The van der Waals surface area contributed by atoms with Crippen LogP contribution in [0.1, 0.15) is 11.1 Å². The Morgan fingerprint density at radius 2 is 1.43 bits per heavy atom. The van der Waals surface area contributed by atoms with Crippen molar-refractivity contribution in [3.05, 3.63) is 29.3 Å². The van der Waals surface area contributed by atoms with E-state index in [1.165, 1.54) is 7.05 Å². The fraction of sp³-hybridized carbons (Fsp3) is 0.364. The van der Waals surface area contributed by atoms with Crippen LogP contribution in [0.5, 0.6) is 0 Å². The number of amides is 1. The molecule has 21 heavy (non-hydrogen) atoms. The van der Waals surface area contributed by atoms with Gasteiger partial charge >= 0.3 is 12.4 Å². The summed E-state index contributed by atoms with van der Waals surface area (Å²) in [6.07, 6.45) is -9.88. The third kappa shape index (κ3) is 5.80. The number of rotatable bonds is 3. The van der Waals surface area contributed by atoms with Gasteiger partial charge < -0.3 is 10.6 Å². The Bertz CT molecular complexity index is 468. The Morgan fingerprint density at radius 1 is 1.00 bits per heavy atom. The molecule has 120 valence electrons. The fourth-order valence-electron chi connectivity index (χ4n) is 1.39. The summed E-state index contributed by atoms with van der Waals surface area (Å²) < 4.78 is 75.2. The Balaban J connectivity index is 0.00000400. The van der Waals surface area contributed by atoms with Crippen molar-refractivity contribution in [3.63, 3.8) is 0 Å². The van der Waals surface area contributed by atoms with E-state index < -0.39 is 35.1 Å². The van der Waals surface area contributed by atoms with Crippen molar-refractivity contribution in [2.75, 3.05) is 18.9 Å². The number of likely N-dealkylation sites (N-methyl/N-ethyl adjacent to an activating group) is 1. The largest absolute Gasteiger partial charge is 0.416 e. The van der Waals surface area contributed by atoms with E-state index in [1.807, 2.05) is 5.32 Å². The first-order valence-corrected chi connectivity index (χ1v) is 5.28. The van der Waals surface area contributed by atoms with Gasteiger partial charge in [0.15, 0.2) is 0 Å². The molecule has 2 N–H and O–H groups in total. The Hall–Kier alpha value is -1.48. The molecule has 0 bridgehead atoms. The zero-order chi connectivity index (χ0) is 15.6. The second kappa shape index (κ2) is 6.99. The third-order valence-electron chi connectivity index (χ3n) is 2.21. The number of carbonyl (C=O) groups excluding carboxylic acids is 1. The lowest BCUT2D eigenvalue weighted by Crippen LogP contribution is -2.25. The molecule has 0 spiro atoms. The number of hydrogen-bond donors (Lipinski definition) is 2. The van der Waals surface area contributed by atoms with E-state index in [0.717, 1.165) is 0 Å². The molecule has 0 saturated carbocycles. The van der Waals surface area contributed by atoms with Crippen LogP contribution in [0.2, 0.25) is 0 Å². The second-order valence-electron chi connectivity index (χ2n) is 3.87. The fourth-order valence-corrected chi connectivity index (χ4v) is 1.39. The summed E-state index contributed by atoms with van der Waals surface area (Å²) in [5, 5.41) is 4.39. The third-order valence-corrected chi connectivity index (χ3v) is 2.21. The minimum Gasteiger partial charge on any atom is -0.325 e. The van der Waals surface area contributed by atoms with Crippen molar-refractivity contribution in [2.45, 2.75) is 12.4 Å². The van der Waals surface area contributed by atoms with Gasteiger partial charge in [-0.1, -0.05) is 0 Å². The van der Waals surface area contributed by atoms with Gasteiger partial charge in [-0.15, -0.1) is 12.4 Å². The molecule has 0 aromatic heterocycles. The molecule has 0 aliphatic heterocycles. The van der Waals surface area contributed by atoms with Crippen LogP contribution in [-0.2, 0) is 17.1 Å². The summed E-state index contributed by atoms with van der Waals surface area (Å²) in [5.74, 6) is -0.750. The quantitative estimate of drug-likeness (QED) is 0.832. The van der Waals surface area contributed by atoms with Crippen molar-refractivity contribution in [2.24, 2.45) is 0 Å². The smallest absolute Gasteiger partial charge is 0.325 e. The summed E-state index contributed by atoms with van der Waals surface area (Å²) in [6.45, 7) is -0.238. The van der Waals surface area contributed by atoms with Gasteiger partial charge in [0, 0.05) is 5.69 Å². The summed E-state index contributed by atoms with van der Waals surface area (Å²) in [4.78, 5) is 11.2. The van der Waals surface area contributed by atoms with Crippen molar-refractivity contribution >= 4 is 24.0 Å². The van der Waals surface area contributed by atoms with Crippen LogP contribution in [-0.4, -0.2) is 19.5 Å². The lowest BCUT2D eigenvalue weighted by atomic mass is 10.1. The van der Waals surface area contributed by atoms with E-state index in [9.17, 15) is 31.1 Å². The summed E-state index contributed by atoms with van der Waals surface area (Å²) >= 11 is 0. The molecule has 0 aliphatic rings. The summed E-state index contributed by atoms with van der Waals surface area (Å²) in [6, 6.07) is 0.888. The van der Waals surface area contributed by atoms with Gasteiger partial charge in [-0.2, -0.15) is 26.3 Å². The molecule has 3 nitrogen and oxygen atoms in total. The van der Waals surface area contributed by atoms with Crippen LogP contribution in [0.3, 0.4) is 0 Å². The molecule has 1 aromatic carbocycles. The Labute approximate surface area is 122 Å². The van der Waals surface area contributed by atoms with E-state index in [4.69, 9.17) is 0 Å². The van der Waals surface area contributed by atoms with Gasteiger partial charge in [0.25, 0.3) is 0 Å². The molecule has 0 fully saturated rings. The maximum Gasteiger partial charge on any atom is 0.416 e. The van der Waals surface area contributed by atoms with Crippen molar-refractivity contribution in [1.82, 2.24) is 5.32 Å². The molecular weight excluding hydrogens is 326 g/mol. The predicted octanol–water partition coefficient (Wildman–Crippen LogP) is 3.30. The molecule has 1 aromatic rings. The molecule has 0 aliphatic carbocycles. The maximum absolute atomic E-state index is 12.5. The highest BCUT2D eigenvalue weighted by molar-refractivity contribution is 5.92. The van der Waals surface area contributed by atoms with E-state index in [2.05, 4.69) is 5.32 Å². The van der Waals surface area contributed by atoms with Crippen LogP contribution in [0.25, 0.3) is 0 Å². The molecule has 1 rings (SSSR count). The molecular formula is C11H11ClF6N2O. The Morgan fingerprint density at radius 3 is 1.76 bits per heavy atom. The maximum atomic E-state index is 12.5. The van der Waals surface area contributed by atoms with Crippen molar-refractivity contribution < 1.29 is 31.1 Å². The first-order chi connectivity index (χ1) is 9.04. The first kappa shape index (κ1) is 19.5. The molecule has 0 saturated heterocycles. The van der Waals surface area contributed by atoms with Gasteiger partial charge in [0.2, 0.25) is 5.91 Å². The van der Waals surface area contributed by atoms with Crippen LogP contribution in [0.15, 0.2) is 18.2 Å². The van der Waals surface area contributed by atoms with Gasteiger partial charge in [-0.25, -0.2) is 0 Å². The first-order valence-electron chi connectivity index (χ1n) is 5.28. The average molecular weight is 337 g/mol. The highest BCUT2D eigenvalue weighted by atomic mass is 35.5. The molecule has 0 heterocycles. The minimum atomic E-state index is -4.94. The zero-order valence-electron chi connectivity index (χ0n) is 10.5.